The van der Waals surface area contributed by atoms with Gasteiger partial charge in [0.1, 0.15) is 18.4 Å². The Hall–Kier alpha value is -2.69. The number of halogens is 2. The van der Waals surface area contributed by atoms with E-state index in [1.807, 2.05) is 0 Å². The minimum Gasteiger partial charge on any atom is -0.357 e. The maximum absolute atomic E-state index is 13.4. The van der Waals surface area contributed by atoms with Gasteiger partial charge in [-0.05, 0) is 48.9 Å². The number of nitrogens with one attached hydrogen (secondary N) is 1. The molecule has 0 bridgehead atoms. The average molecular weight is 485 g/mol. The van der Waals surface area contributed by atoms with Crippen LogP contribution in [0, 0.1) is 5.82 Å². The van der Waals surface area contributed by atoms with Crippen molar-refractivity contribution in [1.82, 2.24) is 14.5 Å². The van der Waals surface area contributed by atoms with Gasteiger partial charge >= 0.3 is 10.2 Å². The standard InChI is InChI=1S/C21H26ClFN4O4S/c1-15(21(29)24-2)26(13-16-5-7-17(22)8-6-16)20(28)14-27(32(30,31)25(3)4)19-11-9-18(23)10-12-19/h5-12,15H,13-14H2,1-4H3,(H,24,29)/t15-/m1/s1. The predicted octanol–water partition coefficient (Wildman–Crippen LogP) is 2.26. The average Bonchev–Trinajstić information content (AvgIpc) is 2.76. The largest absolute Gasteiger partial charge is 0.357 e. The van der Waals surface area contributed by atoms with Crippen LogP contribution in [0.15, 0.2) is 48.5 Å². The van der Waals surface area contributed by atoms with Crippen LogP contribution in [0.4, 0.5) is 10.1 Å². The van der Waals surface area contributed by atoms with E-state index in [2.05, 4.69) is 5.32 Å². The fourth-order valence-corrected chi connectivity index (χ4v) is 4.08. The first-order valence-electron chi connectivity index (χ1n) is 9.68. The molecule has 0 unspecified atom stereocenters. The monoisotopic (exact) mass is 484 g/mol. The Morgan fingerprint density at radius 3 is 2.12 bits per heavy atom. The number of likely N-dealkylation sites (N-methyl/N-ethyl adjacent to an activating group) is 1. The highest BCUT2D eigenvalue weighted by atomic mass is 35.5. The fraction of sp³-hybridized carbons (Fsp3) is 0.333. The minimum absolute atomic E-state index is 0.0594. The van der Waals surface area contributed by atoms with E-state index < -0.39 is 40.4 Å². The van der Waals surface area contributed by atoms with Gasteiger partial charge in [-0.15, -0.1) is 0 Å². The van der Waals surface area contributed by atoms with Gasteiger partial charge in [-0.1, -0.05) is 23.7 Å². The lowest BCUT2D eigenvalue weighted by atomic mass is 10.1. The van der Waals surface area contributed by atoms with Crippen LogP contribution in [0.5, 0.6) is 0 Å². The second-order valence-corrected chi connectivity index (χ2v) is 9.71. The van der Waals surface area contributed by atoms with E-state index in [4.69, 9.17) is 11.6 Å². The van der Waals surface area contributed by atoms with Gasteiger partial charge in [0.05, 0.1) is 5.69 Å². The third kappa shape index (κ3) is 6.18. The number of carbonyl (C=O) groups excluding carboxylic acids is 2. The van der Waals surface area contributed by atoms with Crippen LogP contribution in [-0.2, 0) is 26.3 Å². The van der Waals surface area contributed by atoms with Crippen molar-refractivity contribution in [3.63, 3.8) is 0 Å². The van der Waals surface area contributed by atoms with Gasteiger partial charge in [-0.2, -0.15) is 12.7 Å². The highest BCUT2D eigenvalue weighted by Crippen LogP contribution is 2.21. The quantitative estimate of drug-likeness (QED) is 0.591. The summed E-state index contributed by atoms with van der Waals surface area (Å²) in [5.41, 5.74) is 0.829. The second-order valence-electron chi connectivity index (χ2n) is 7.21. The Morgan fingerprint density at radius 1 is 1.06 bits per heavy atom. The number of amides is 2. The molecule has 2 rings (SSSR count). The molecular formula is C21H26ClFN4O4S. The molecule has 174 valence electrons. The first kappa shape index (κ1) is 25.6. The Labute approximate surface area is 192 Å². The zero-order valence-corrected chi connectivity index (χ0v) is 19.8. The van der Waals surface area contributed by atoms with Crippen molar-refractivity contribution < 1.29 is 22.4 Å². The van der Waals surface area contributed by atoms with Crippen LogP contribution in [0.3, 0.4) is 0 Å². The van der Waals surface area contributed by atoms with Crippen molar-refractivity contribution in [2.24, 2.45) is 0 Å². The molecule has 2 aromatic rings. The zero-order chi connectivity index (χ0) is 24.1. The second kappa shape index (κ2) is 10.8. The van der Waals surface area contributed by atoms with E-state index in [9.17, 15) is 22.4 Å². The summed E-state index contributed by atoms with van der Waals surface area (Å²) in [5, 5.41) is 3.02. The normalized spacial score (nSPS) is 12.3. The zero-order valence-electron chi connectivity index (χ0n) is 18.2. The van der Waals surface area contributed by atoms with E-state index >= 15 is 0 Å². The Kier molecular flexibility index (Phi) is 8.59. The third-order valence-electron chi connectivity index (χ3n) is 4.81. The van der Waals surface area contributed by atoms with Gasteiger partial charge in [0.25, 0.3) is 0 Å². The Morgan fingerprint density at radius 2 is 1.62 bits per heavy atom. The van der Waals surface area contributed by atoms with E-state index in [1.54, 1.807) is 31.2 Å². The summed E-state index contributed by atoms with van der Waals surface area (Å²) in [7, 11) is 0.0214. The van der Waals surface area contributed by atoms with E-state index in [0.717, 1.165) is 20.7 Å². The molecule has 0 fully saturated rings. The highest BCUT2D eigenvalue weighted by Gasteiger charge is 2.32. The maximum atomic E-state index is 13.4. The number of rotatable bonds is 9. The number of hydrogen-bond donors (Lipinski definition) is 1. The first-order valence-corrected chi connectivity index (χ1v) is 11.5. The summed E-state index contributed by atoms with van der Waals surface area (Å²) in [4.78, 5) is 26.9. The van der Waals surface area contributed by atoms with Gasteiger partial charge in [-0.25, -0.2) is 8.70 Å². The maximum Gasteiger partial charge on any atom is 0.304 e. The molecule has 0 aromatic heterocycles. The Bertz CT molecular complexity index is 1050. The number of anilines is 1. The SMILES string of the molecule is CNC(=O)[C@@H](C)N(Cc1ccc(Cl)cc1)C(=O)CN(c1ccc(F)cc1)S(=O)(=O)N(C)C. The molecule has 0 aliphatic carbocycles. The van der Waals surface area contributed by atoms with E-state index in [-0.39, 0.29) is 12.2 Å². The van der Waals surface area contributed by atoms with Crippen molar-refractivity contribution in [3.8, 4) is 0 Å². The van der Waals surface area contributed by atoms with E-state index in [1.165, 1.54) is 38.2 Å². The molecule has 1 atom stereocenters. The van der Waals surface area contributed by atoms with Crippen LogP contribution in [0.1, 0.15) is 12.5 Å². The molecule has 1 N–H and O–H groups in total. The lowest BCUT2D eigenvalue weighted by Gasteiger charge is -2.32. The molecule has 32 heavy (non-hydrogen) atoms. The predicted molar refractivity (Wildman–Crippen MR) is 122 cm³/mol. The summed E-state index contributed by atoms with van der Waals surface area (Å²) in [6.45, 7) is 1.03. The lowest BCUT2D eigenvalue weighted by molar-refractivity contribution is -0.139. The molecule has 0 spiro atoms. The molecule has 0 saturated heterocycles. The van der Waals surface area contributed by atoms with Gasteiger partial charge in [0, 0.05) is 32.7 Å². The number of benzene rings is 2. The highest BCUT2D eigenvalue weighted by molar-refractivity contribution is 7.90. The van der Waals surface area contributed by atoms with Crippen molar-refractivity contribution in [3.05, 3.63) is 64.9 Å². The molecule has 0 radical (unpaired) electrons. The minimum atomic E-state index is -4.08. The summed E-state index contributed by atoms with van der Waals surface area (Å²) >= 11 is 5.92. The van der Waals surface area contributed by atoms with Crippen LogP contribution >= 0.6 is 11.6 Å². The third-order valence-corrected chi connectivity index (χ3v) is 6.89. The van der Waals surface area contributed by atoms with Crippen LogP contribution in [-0.4, -0.2) is 63.2 Å². The molecule has 8 nitrogen and oxygen atoms in total. The van der Waals surface area contributed by atoms with Gasteiger partial charge < -0.3 is 10.2 Å². The molecular weight excluding hydrogens is 459 g/mol. The topological polar surface area (TPSA) is 90.0 Å². The Balaban J connectivity index is 2.42. The van der Waals surface area contributed by atoms with Crippen LogP contribution < -0.4 is 9.62 Å². The number of hydrogen-bond acceptors (Lipinski definition) is 4. The van der Waals surface area contributed by atoms with Crippen molar-refractivity contribution >= 4 is 39.3 Å². The molecule has 0 aliphatic rings. The van der Waals surface area contributed by atoms with Crippen LogP contribution in [0.2, 0.25) is 5.02 Å². The van der Waals surface area contributed by atoms with Gasteiger partial charge in [0.15, 0.2) is 0 Å². The molecule has 2 aromatic carbocycles. The molecule has 0 saturated carbocycles. The van der Waals surface area contributed by atoms with Crippen molar-refractivity contribution in [2.45, 2.75) is 19.5 Å². The molecule has 0 aliphatic heterocycles. The number of nitrogens with zero attached hydrogens (tertiary/aromatic N) is 3. The van der Waals surface area contributed by atoms with Crippen molar-refractivity contribution in [2.75, 3.05) is 32.0 Å². The van der Waals surface area contributed by atoms with Gasteiger partial charge in [0.2, 0.25) is 11.8 Å². The number of carbonyl (C=O) groups is 2. The summed E-state index contributed by atoms with van der Waals surface area (Å²) in [5.74, 6) is -1.55. The summed E-state index contributed by atoms with van der Waals surface area (Å²) < 4.78 is 41.1. The fourth-order valence-electron chi connectivity index (χ4n) is 2.90. The smallest absolute Gasteiger partial charge is 0.304 e. The molecule has 11 heteroatoms. The summed E-state index contributed by atoms with van der Waals surface area (Å²) in [6.07, 6.45) is 0. The van der Waals surface area contributed by atoms with Gasteiger partial charge in [-0.3, -0.25) is 9.59 Å². The molecule has 2 amide bonds. The van der Waals surface area contributed by atoms with Crippen LogP contribution in [0.25, 0.3) is 0 Å². The lowest BCUT2D eigenvalue weighted by Crippen LogP contribution is -2.52. The first-order chi connectivity index (χ1) is 15.0. The van der Waals surface area contributed by atoms with Crippen molar-refractivity contribution in [1.29, 1.82) is 0 Å². The summed E-state index contributed by atoms with van der Waals surface area (Å²) in [6, 6.07) is 10.6. The molecule has 0 heterocycles. The van der Waals surface area contributed by atoms with E-state index in [0.29, 0.717) is 10.6 Å².